The lowest BCUT2D eigenvalue weighted by molar-refractivity contribution is 0.575. The van der Waals surface area contributed by atoms with E-state index in [1.165, 1.54) is 13.1 Å². The summed E-state index contributed by atoms with van der Waals surface area (Å²) in [7, 11) is 2.46. The van der Waals surface area contributed by atoms with Crippen LogP contribution in [0, 0.1) is 5.82 Å². The van der Waals surface area contributed by atoms with Crippen molar-refractivity contribution >= 4 is 35.7 Å². The molecule has 0 fully saturated rings. The third-order valence-electron chi connectivity index (χ3n) is 1.16. The molecule has 7 heteroatoms. The smallest absolute Gasteiger partial charge is 0.264 e. The highest BCUT2D eigenvalue weighted by Gasteiger charge is 2.15. The third kappa shape index (κ3) is 3.91. The lowest BCUT2D eigenvalue weighted by Gasteiger charge is -1.97. The first-order chi connectivity index (χ1) is 6.41. The molecular formula is C7H8BrClFNO2S. The quantitative estimate of drug-likeness (QED) is 0.808. The van der Waals surface area contributed by atoms with Crippen molar-refractivity contribution in [2.75, 3.05) is 7.05 Å². The zero-order chi connectivity index (χ0) is 11.4. The Labute approximate surface area is 94.6 Å². The van der Waals surface area contributed by atoms with Crippen LogP contribution in [0.5, 0.6) is 0 Å². The zero-order valence-corrected chi connectivity index (χ0v) is 10.3. The molecule has 14 heavy (non-hydrogen) atoms. The molecule has 0 radical (unpaired) electrons. The van der Waals surface area contributed by atoms with E-state index in [0.29, 0.717) is 4.47 Å². The zero-order valence-electron chi connectivity index (χ0n) is 7.17. The summed E-state index contributed by atoms with van der Waals surface area (Å²) in [5, 5.41) is 0. The van der Waals surface area contributed by atoms with Gasteiger partial charge in [-0.1, -0.05) is 15.9 Å². The van der Waals surface area contributed by atoms with Gasteiger partial charge in [-0.3, -0.25) is 0 Å². The number of hydrogen-bond acceptors (Lipinski definition) is 3. The van der Waals surface area contributed by atoms with Crippen LogP contribution in [0.3, 0.4) is 0 Å². The summed E-state index contributed by atoms with van der Waals surface area (Å²) in [6.45, 7) is 0. The standard InChI is InChI=1S/C6H3BrClFO2S.CH5N/c7-4-1-2-6(5(9)3-4)12(8,10)11;1-2/h1-3H;2H2,1H3. The van der Waals surface area contributed by atoms with Crippen molar-refractivity contribution in [1.29, 1.82) is 0 Å². The van der Waals surface area contributed by atoms with Crippen molar-refractivity contribution in [2.45, 2.75) is 4.90 Å². The highest BCUT2D eigenvalue weighted by Crippen LogP contribution is 2.21. The van der Waals surface area contributed by atoms with E-state index in [1.54, 1.807) is 0 Å². The first kappa shape index (κ1) is 13.8. The third-order valence-corrected chi connectivity index (χ3v) is 3.01. The normalized spacial score (nSPS) is 10.4. The molecular weight excluding hydrogens is 297 g/mol. The van der Waals surface area contributed by atoms with Gasteiger partial charge in [0.25, 0.3) is 9.05 Å². The maximum atomic E-state index is 12.9. The van der Waals surface area contributed by atoms with E-state index >= 15 is 0 Å². The molecule has 2 N–H and O–H groups in total. The van der Waals surface area contributed by atoms with Crippen LogP contribution in [0.1, 0.15) is 0 Å². The maximum absolute atomic E-state index is 12.9. The van der Waals surface area contributed by atoms with E-state index in [1.807, 2.05) is 0 Å². The van der Waals surface area contributed by atoms with E-state index in [4.69, 9.17) is 10.7 Å². The van der Waals surface area contributed by atoms with Crippen molar-refractivity contribution in [1.82, 2.24) is 0 Å². The lowest BCUT2D eigenvalue weighted by Crippen LogP contribution is -1.94. The summed E-state index contributed by atoms with van der Waals surface area (Å²) >= 11 is 2.99. The molecule has 0 bridgehead atoms. The molecule has 80 valence electrons. The van der Waals surface area contributed by atoms with Crippen LogP contribution in [-0.2, 0) is 9.05 Å². The van der Waals surface area contributed by atoms with E-state index in [9.17, 15) is 12.8 Å². The van der Waals surface area contributed by atoms with Gasteiger partial charge in [0.1, 0.15) is 10.7 Å². The summed E-state index contributed by atoms with van der Waals surface area (Å²) in [5.41, 5.74) is 4.50. The molecule has 0 heterocycles. The highest BCUT2D eigenvalue weighted by atomic mass is 79.9. The predicted octanol–water partition coefficient (Wildman–Crippen LogP) is 2.09. The molecule has 0 aliphatic carbocycles. The number of halogens is 3. The second kappa shape index (κ2) is 5.65. The van der Waals surface area contributed by atoms with Gasteiger partial charge in [-0.15, -0.1) is 0 Å². The Morgan fingerprint density at radius 3 is 2.29 bits per heavy atom. The Balaban J connectivity index is 0.000000791. The summed E-state index contributed by atoms with van der Waals surface area (Å²) in [4.78, 5) is -0.507. The molecule has 0 unspecified atom stereocenters. The van der Waals surface area contributed by atoms with Gasteiger partial charge >= 0.3 is 0 Å². The van der Waals surface area contributed by atoms with Gasteiger partial charge in [0.2, 0.25) is 0 Å². The topological polar surface area (TPSA) is 60.2 Å². The van der Waals surface area contributed by atoms with Gasteiger partial charge in [-0.25, -0.2) is 12.8 Å². The van der Waals surface area contributed by atoms with Crippen LogP contribution in [0.15, 0.2) is 27.6 Å². The Morgan fingerprint density at radius 2 is 1.93 bits per heavy atom. The van der Waals surface area contributed by atoms with Gasteiger partial charge in [0.05, 0.1) is 0 Å². The van der Waals surface area contributed by atoms with Gasteiger partial charge in [0.15, 0.2) is 0 Å². The molecule has 1 aromatic carbocycles. The number of hydrogen-bond donors (Lipinski definition) is 1. The Hall–Kier alpha value is -0.170. The van der Waals surface area contributed by atoms with Gasteiger partial charge in [-0.2, -0.15) is 0 Å². The molecule has 0 amide bonds. The molecule has 1 rings (SSSR count). The minimum absolute atomic E-state index is 0.462. The predicted molar refractivity (Wildman–Crippen MR) is 57.3 cm³/mol. The number of nitrogens with two attached hydrogens (primary N) is 1. The minimum Gasteiger partial charge on any atom is -0.333 e. The minimum atomic E-state index is -3.97. The summed E-state index contributed by atoms with van der Waals surface area (Å²) in [5.74, 6) is -0.862. The molecule has 0 aliphatic rings. The fraction of sp³-hybridized carbons (Fsp3) is 0.143. The summed E-state index contributed by atoms with van der Waals surface area (Å²) < 4.78 is 34.7. The molecule has 3 nitrogen and oxygen atoms in total. The van der Waals surface area contributed by atoms with Gasteiger partial charge < -0.3 is 5.73 Å². The maximum Gasteiger partial charge on any atom is 0.264 e. The van der Waals surface area contributed by atoms with Gasteiger partial charge in [0, 0.05) is 15.2 Å². The van der Waals surface area contributed by atoms with Crippen LogP contribution in [0.25, 0.3) is 0 Å². The molecule has 0 saturated carbocycles. The monoisotopic (exact) mass is 303 g/mol. The first-order valence-electron chi connectivity index (χ1n) is 3.39. The van der Waals surface area contributed by atoms with E-state index in [0.717, 1.165) is 12.1 Å². The second-order valence-electron chi connectivity index (χ2n) is 2.01. The Morgan fingerprint density at radius 1 is 1.43 bits per heavy atom. The van der Waals surface area contributed by atoms with E-state index in [2.05, 4.69) is 21.7 Å². The number of benzene rings is 1. The lowest BCUT2D eigenvalue weighted by atomic mass is 10.3. The Kier molecular flexibility index (Phi) is 5.58. The fourth-order valence-electron chi connectivity index (χ4n) is 0.673. The van der Waals surface area contributed by atoms with Crippen LogP contribution < -0.4 is 5.73 Å². The van der Waals surface area contributed by atoms with Crippen LogP contribution in [-0.4, -0.2) is 15.5 Å². The average Bonchev–Trinajstić information content (AvgIpc) is 2.05. The second-order valence-corrected chi connectivity index (χ2v) is 5.46. The summed E-state index contributed by atoms with van der Waals surface area (Å²) in [6, 6.07) is 3.54. The van der Waals surface area contributed by atoms with Crippen molar-refractivity contribution in [3.05, 3.63) is 28.5 Å². The average molecular weight is 305 g/mol. The van der Waals surface area contributed by atoms with Crippen molar-refractivity contribution in [3.63, 3.8) is 0 Å². The molecule has 0 spiro atoms. The van der Waals surface area contributed by atoms with E-state index < -0.39 is 19.8 Å². The number of rotatable bonds is 1. The summed E-state index contributed by atoms with van der Waals surface area (Å²) in [6.07, 6.45) is 0. The molecule has 0 aromatic heterocycles. The van der Waals surface area contributed by atoms with Crippen LogP contribution >= 0.6 is 26.6 Å². The molecule has 0 aliphatic heterocycles. The van der Waals surface area contributed by atoms with Crippen LogP contribution in [0.2, 0.25) is 0 Å². The largest absolute Gasteiger partial charge is 0.333 e. The van der Waals surface area contributed by atoms with Crippen molar-refractivity contribution in [2.24, 2.45) is 5.73 Å². The molecule has 0 saturated heterocycles. The van der Waals surface area contributed by atoms with Gasteiger partial charge in [-0.05, 0) is 25.2 Å². The fourth-order valence-corrected chi connectivity index (χ4v) is 1.90. The first-order valence-corrected chi connectivity index (χ1v) is 6.49. The molecule has 0 atom stereocenters. The van der Waals surface area contributed by atoms with Crippen molar-refractivity contribution in [3.8, 4) is 0 Å². The SMILES string of the molecule is CN.O=S(=O)(Cl)c1ccc(Br)cc1F. The molecule has 1 aromatic rings. The highest BCUT2D eigenvalue weighted by molar-refractivity contribution is 9.10. The van der Waals surface area contributed by atoms with Crippen LogP contribution in [0.4, 0.5) is 4.39 Å². The van der Waals surface area contributed by atoms with Crippen molar-refractivity contribution < 1.29 is 12.8 Å². The van der Waals surface area contributed by atoms with E-state index in [-0.39, 0.29) is 0 Å². The Bertz CT molecular complexity index is 410.